The maximum absolute atomic E-state index is 11.9. The summed E-state index contributed by atoms with van der Waals surface area (Å²) in [7, 11) is 0. The number of ether oxygens (including phenoxy) is 6. The fourth-order valence-corrected chi connectivity index (χ4v) is 2.83. The SMILES string of the molecule is C=C(C)C(=O)OCCNC(=O)OC1CO[C@H]2[C@@H]1OC[C@H]2OC(=O)NCCOC(=O)C(=C)C. The molecule has 1 unspecified atom stereocenters. The second-order valence-corrected chi connectivity index (χ2v) is 7.17. The fourth-order valence-electron chi connectivity index (χ4n) is 2.83. The molecule has 2 N–H and O–H groups in total. The van der Waals surface area contributed by atoms with Gasteiger partial charge >= 0.3 is 24.1 Å². The van der Waals surface area contributed by atoms with E-state index in [-0.39, 0.29) is 50.7 Å². The van der Waals surface area contributed by atoms with Crippen LogP contribution in [0.5, 0.6) is 0 Å². The number of hydrogen-bond donors (Lipinski definition) is 2. The van der Waals surface area contributed by atoms with Crippen molar-refractivity contribution < 1.29 is 47.6 Å². The van der Waals surface area contributed by atoms with E-state index in [0.29, 0.717) is 0 Å². The molecule has 0 aromatic heterocycles. The maximum atomic E-state index is 11.9. The minimum atomic E-state index is -0.722. The number of esters is 2. The number of carbonyl (C=O) groups is 4. The Balaban J connectivity index is 1.65. The summed E-state index contributed by atoms with van der Waals surface area (Å²) in [6.45, 7) is 10.2. The Hall–Kier alpha value is -3.12. The Morgan fingerprint density at radius 2 is 1.16 bits per heavy atom. The summed E-state index contributed by atoms with van der Waals surface area (Å²) in [5.41, 5.74) is 0.522. The molecular formula is C20H28N2O10. The van der Waals surface area contributed by atoms with Crippen LogP contribution in [0.3, 0.4) is 0 Å². The Morgan fingerprint density at radius 1 is 0.781 bits per heavy atom. The van der Waals surface area contributed by atoms with Crippen LogP contribution in [0.4, 0.5) is 9.59 Å². The average molecular weight is 456 g/mol. The van der Waals surface area contributed by atoms with Crippen molar-refractivity contribution >= 4 is 24.1 Å². The van der Waals surface area contributed by atoms with Gasteiger partial charge in [0.1, 0.15) is 25.4 Å². The molecule has 2 heterocycles. The molecule has 2 aliphatic rings. The van der Waals surface area contributed by atoms with Crippen LogP contribution < -0.4 is 10.6 Å². The first kappa shape index (κ1) is 25.1. The van der Waals surface area contributed by atoms with Gasteiger partial charge < -0.3 is 39.1 Å². The minimum absolute atomic E-state index is 0.0259. The summed E-state index contributed by atoms with van der Waals surface area (Å²) in [5, 5.41) is 4.91. The molecule has 32 heavy (non-hydrogen) atoms. The molecule has 2 saturated heterocycles. The molecule has 4 atom stereocenters. The van der Waals surface area contributed by atoms with Crippen molar-refractivity contribution in [2.24, 2.45) is 0 Å². The molecular weight excluding hydrogens is 428 g/mol. The van der Waals surface area contributed by atoms with Crippen molar-refractivity contribution in [2.75, 3.05) is 39.5 Å². The average Bonchev–Trinajstić information content (AvgIpc) is 3.31. The summed E-state index contributed by atoms with van der Waals surface area (Å²) >= 11 is 0. The van der Waals surface area contributed by atoms with E-state index in [0.717, 1.165) is 0 Å². The van der Waals surface area contributed by atoms with Crippen LogP contribution in [0.25, 0.3) is 0 Å². The third-order valence-corrected chi connectivity index (χ3v) is 4.39. The molecule has 2 rings (SSSR count). The first-order chi connectivity index (χ1) is 15.2. The van der Waals surface area contributed by atoms with E-state index < -0.39 is 48.5 Å². The van der Waals surface area contributed by atoms with Crippen LogP contribution >= 0.6 is 0 Å². The summed E-state index contributed by atoms with van der Waals surface area (Å²) < 4.78 is 31.4. The molecule has 2 fully saturated rings. The van der Waals surface area contributed by atoms with Gasteiger partial charge in [0.25, 0.3) is 0 Å². The highest BCUT2D eigenvalue weighted by Gasteiger charge is 2.51. The van der Waals surface area contributed by atoms with Crippen molar-refractivity contribution in [3.05, 3.63) is 24.3 Å². The van der Waals surface area contributed by atoms with E-state index in [1.165, 1.54) is 13.8 Å². The highest BCUT2D eigenvalue weighted by molar-refractivity contribution is 5.87. The third kappa shape index (κ3) is 7.54. The molecule has 12 heteroatoms. The number of rotatable bonds is 10. The van der Waals surface area contributed by atoms with Crippen LogP contribution in [-0.4, -0.2) is 88.1 Å². The second-order valence-electron chi connectivity index (χ2n) is 7.17. The zero-order valence-electron chi connectivity index (χ0n) is 18.0. The molecule has 0 radical (unpaired) electrons. The van der Waals surface area contributed by atoms with Crippen LogP contribution in [0, 0.1) is 0 Å². The van der Waals surface area contributed by atoms with Crippen LogP contribution in [0.1, 0.15) is 13.8 Å². The summed E-state index contributed by atoms with van der Waals surface area (Å²) in [6, 6.07) is 0. The molecule has 0 bridgehead atoms. The van der Waals surface area contributed by atoms with E-state index in [1.54, 1.807) is 0 Å². The third-order valence-electron chi connectivity index (χ3n) is 4.39. The number of fused-ring (bicyclic) bond motifs is 1. The monoisotopic (exact) mass is 456 g/mol. The van der Waals surface area contributed by atoms with E-state index in [9.17, 15) is 19.2 Å². The van der Waals surface area contributed by atoms with Gasteiger partial charge in [-0.3, -0.25) is 0 Å². The summed E-state index contributed by atoms with van der Waals surface area (Å²) in [6.07, 6.45) is -3.98. The quantitative estimate of drug-likeness (QED) is 0.202. The fraction of sp³-hybridized carbons (Fsp3) is 0.600. The number of amides is 2. The highest BCUT2D eigenvalue weighted by Crippen LogP contribution is 2.30. The zero-order chi connectivity index (χ0) is 23.7. The van der Waals surface area contributed by atoms with Gasteiger partial charge in [-0.05, 0) is 13.8 Å². The lowest BCUT2D eigenvalue weighted by Gasteiger charge is -2.17. The molecule has 0 spiro atoms. The number of carbonyl (C=O) groups excluding carboxylic acids is 4. The Bertz CT molecular complexity index is 691. The second kappa shape index (κ2) is 12.1. The van der Waals surface area contributed by atoms with Gasteiger partial charge in [0, 0.05) is 11.1 Å². The first-order valence-electron chi connectivity index (χ1n) is 9.96. The van der Waals surface area contributed by atoms with Gasteiger partial charge in [-0.2, -0.15) is 0 Å². The lowest BCUT2D eigenvalue weighted by Crippen LogP contribution is -2.40. The van der Waals surface area contributed by atoms with Gasteiger partial charge in [-0.15, -0.1) is 0 Å². The smallest absolute Gasteiger partial charge is 0.407 e. The molecule has 0 aliphatic carbocycles. The molecule has 0 aromatic rings. The molecule has 2 amide bonds. The lowest BCUT2D eigenvalue weighted by atomic mass is 10.1. The Kier molecular flexibility index (Phi) is 9.47. The Morgan fingerprint density at radius 3 is 1.50 bits per heavy atom. The van der Waals surface area contributed by atoms with Crippen LogP contribution in [-0.2, 0) is 38.0 Å². The first-order valence-corrected chi connectivity index (χ1v) is 9.96. The number of nitrogens with one attached hydrogen (secondary N) is 2. The van der Waals surface area contributed by atoms with E-state index in [1.807, 2.05) is 0 Å². The predicted molar refractivity (Wildman–Crippen MR) is 108 cm³/mol. The molecule has 178 valence electrons. The van der Waals surface area contributed by atoms with Gasteiger partial charge in [-0.1, -0.05) is 13.2 Å². The molecule has 2 aliphatic heterocycles. The van der Waals surface area contributed by atoms with Crippen molar-refractivity contribution in [3.63, 3.8) is 0 Å². The van der Waals surface area contributed by atoms with Crippen molar-refractivity contribution in [1.29, 1.82) is 0 Å². The predicted octanol–water partition coefficient (Wildman–Crippen LogP) is 0.212. The normalized spacial score (nSPS) is 23.4. The van der Waals surface area contributed by atoms with Gasteiger partial charge in [-0.25, -0.2) is 19.2 Å². The number of hydrogen-bond acceptors (Lipinski definition) is 10. The van der Waals surface area contributed by atoms with Crippen LogP contribution in [0.2, 0.25) is 0 Å². The lowest BCUT2D eigenvalue weighted by molar-refractivity contribution is -0.139. The van der Waals surface area contributed by atoms with Crippen molar-refractivity contribution in [1.82, 2.24) is 10.6 Å². The van der Waals surface area contributed by atoms with E-state index >= 15 is 0 Å². The largest absolute Gasteiger partial charge is 0.460 e. The van der Waals surface area contributed by atoms with Gasteiger partial charge in [0.15, 0.2) is 12.2 Å². The Labute approximate surface area is 185 Å². The van der Waals surface area contributed by atoms with Crippen molar-refractivity contribution in [3.8, 4) is 0 Å². The van der Waals surface area contributed by atoms with Gasteiger partial charge in [0.05, 0.1) is 26.3 Å². The van der Waals surface area contributed by atoms with E-state index in [4.69, 9.17) is 28.4 Å². The van der Waals surface area contributed by atoms with E-state index in [2.05, 4.69) is 23.8 Å². The summed E-state index contributed by atoms with van der Waals surface area (Å²) in [4.78, 5) is 46.4. The maximum Gasteiger partial charge on any atom is 0.407 e. The van der Waals surface area contributed by atoms with Crippen molar-refractivity contribution in [2.45, 2.75) is 38.3 Å². The molecule has 0 saturated carbocycles. The minimum Gasteiger partial charge on any atom is -0.460 e. The topological polar surface area (TPSA) is 148 Å². The number of alkyl carbamates (subject to hydrolysis) is 2. The highest BCUT2D eigenvalue weighted by atomic mass is 16.7. The van der Waals surface area contributed by atoms with Crippen LogP contribution in [0.15, 0.2) is 24.3 Å². The standard InChI is InChI=1S/C20H28N2O10/c1-11(2)17(23)27-7-5-21-19(25)31-13-9-29-16-14(10-30-15(13)16)32-20(26)22-6-8-28-18(24)12(3)4/h13-16H,1,3,5-10H2,2,4H3,(H,21,25)(H,22,26)/t13-,14?,15-,16-/m1/s1. The molecule has 0 aromatic carbocycles. The van der Waals surface area contributed by atoms with Gasteiger partial charge in [0.2, 0.25) is 0 Å². The molecule has 12 nitrogen and oxygen atoms in total. The zero-order valence-corrected chi connectivity index (χ0v) is 18.0. The summed E-state index contributed by atoms with van der Waals surface area (Å²) in [5.74, 6) is -1.09.